The van der Waals surface area contributed by atoms with Crippen LogP contribution in [0.5, 0.6) is 0 Å². The summed E-state index contributed by atoms with van der Waals surface area (Å²) in [7, 11) is 0. The van der Waals surface area contributed by atoms with E-state index in [1.165, 1.54) is 12.8 Å². The van der Waals surface area contributed by atoms with Crippen LogP contribution in [0.1, 0.15) is 32.6 Å². The second kappa shape index (κ2) is 4.99. The fraction of sp³-hybridized carbons (Fsp3) is 0.909. The number of piperidine rings is 1. The zero-order valence-corrected chi connectivity index (χ0v) is 11.4. The normalized spacial score (nSPS) is 27.3. The highest BCUT2D eigenvalue weighted by Gasteiger charge is 2.31. The lowest BCUT2D eigenvalue weighted by atomic mass is 10.0. The van der Waals surface area contributed by atoms with Crippen LogP contribution >= 0.6 is 22.6 Å². The molecule has 0 spiro atoms. The van der Waals surface area contributed by atoms with Gasteiger partial charge in [-0.2, -0.15) is 0 Å². The van der Waals surface area contributed by atoms with Gasteiger partial charge in [0, 0.05) is 32.1 Å². The molecule has 2 aliphatic heterocycles. The molecule has 0 saturated carbocycles. The summed E-state index contributed by atoms with van der Waals surface area (Å²) in [6, 6.07) is 0.534. The number of hydrogen-bond acceptors (Lipinski definition) is 2. The smallest absolute Gasteiger partial charge is 0.222 e. The first-order chi connectivity index (χ1) is 7.18. The van der Waals surface area contributed by atoms with Crippen molar-refractivity contribution in [2.24, 2.45) is 0 Å². The molecule has 15 heavy (non-hydrogen) atoms. The summed E-state index contributed by atoms with van der Waals surface area (Å²) < 4.78 is 0.623. The third kappa shape index (κ3) is 2.64. The van der Waals surface area contributed by atoms with Gasteiger partial charge in [0.2, 0.25) is 5.91 Å². The molecule has 2 rings (SSSR count). The van der Waals surface area contributed by atoms with Crippen molar-refractivity contribution in [3.8, 4) is 0 Å². The van der Waals surface area contributed by atoms with E-state index in [9.17, 15) is 4.79 Å². The Morgan fingerprint density at radius 3 is 2.47 bits per heavy atom. The third-order valence-electron chi connectivity index (χ3n) is 3.55. The number of halogens is 1. The van der Waals surface area contributed by atoms with E-state index in [0.29, 0.717) is 16.0 Å². The molecule has 2 fully saturated rings. The molecule has 0 aromatic heterocycles. The first kappa shape index (κ1) is 11.6. The quantitative estimate of drug-likeness (QED) is 0.440. The van der Waals surface area contributed by atoms with Crippen molar-refractivity contribution in [3.63, 3.8) is 0 Å². The first-order valence-electron chi connectivity index (χ1n) is 5.86. The largest absolute Gasteiger partial charge is 0.340 e. The maximum absolute atomic E-state index is 11.6. The van der Waals surface area contributed by atoms with Crippen LogP contribution in [0.3, 0.4) is 0 Å². The molecule has 86 valence electrons. The van der Waals surface area contributed by atoms with Gasteiger partial charge in [0.25, 0.3) is 0 Å². The van der Waals surface area contributed by atoms with Crippen LogP contribution in [0.4, 0.5) is 0 Å². The van der Waals surface area contributed by atoms with Gasteiger partial charge in [-0.15, -0.1) is 0 Å². The summed E-state index contributed by atoms with van der Waals surface area (Å²) in [6.45, 7) is 5.54. The lowest BCUT2D eigenvalue weighted by Crippen LogP contribution is -2.46. The number of rotatable bonds is 2. The van der Waals surface area contributed by atoms with Gasteiger partial charge in [-0.3, -0.25) is 9.69 Å². The number of amides is 1. The Morgan fingerprint density at radius 2 is 2.00 bits per heavy atom. The fourth-order valence-electron chi connectivity index (χ4n) is 2.61. The Kier molecular flexibility index (Phi) is 3.88. The maximum Gasteiger partial charge on any atom is 0.222 e. The van der Waals surface area contributed by atoms with Crippen LogP contribution in [0, 0.1) is 0 Å². The molecular weight excluding hydrogens is 303 g/mol. The van der Waals surface area contributed by atoms with Crippen molar-refractivity contribution in [1.29, 1.82) is 0 Å². The topological polar surface area (TPSA) is 23.6 Å². The Labute approximate surface area is 105 Å². The summed E-state index contributed by atoms with van der Waals surface area (Å²) in [5, 5.41) is 0. The Bertz CT molecular complexity index is 237. The molecule has 1 atom stereocenters. The van der Waals surface area contributed by atoms with Crippen LogP contribution in [-0.2, 0) is 4.79 Å². The highest BCUT2D eigenvalue weighted by atomic mass is 127. The lowest BCUT2D eigenvalue weighted by molar-refractivity contribution is -0.130. The van der Waals surface area contributed by atoms with Gasteiger partial charge in [0.15, 0.2) is 0 Å². The molecule has 0 aliphatic carbocycles. The number of nitrogens with zero attached hydrogens (tertiary/aromatic N) is 2. The highest BCUT2D eigenvalue weighted by molar-refractivity contribution is 14.1. The van der Waals surface area contributed by atoms with E-state index in [4.69, 9.17) is 0 Å². The molecule has 2 heterocycles. The van der Waals surface area contributed by atoms with Crippen LogP contribution in [-0.4, -0.2) is 45.4 Å². The number of carbonyl (C=O) groups is 1. The second-order valence-electron chi connectivity index (χ2n) is 4.53. The predicted octanol–water partition coefficient (Wildman–Crippen LogP) is 1.85. The predicted molar refractivity (Wildman–Crippen MR) is 69.0 cm³/mol. The molecule has 0 aromatic rings. The van der Waals surface area contributed by atoms with E-state index < -0.39 is 0 Å². The van der Waals surface area contributed by atoms with Crippen LogP contribution in [0.25, 0.3) is 0 Å². The molecule has 0 radical (unpaired) electrons. The van der Waals surface area contributed by atoms with Crippen molar-refractivity contribution < 1.29 is 4.79 Å². The van der Waals surface area contributed by atoms with Gasteiger partial charge in [-0.1, -0.05) is 22.6 Å². The van der Waals surface area contributed by atoms with E-state index >= 15 is 0 Å². The summed E-state index contributed by atoms with van der Waals surface area (Å²) in [5.41, 5.74) is 0. The number of hydrogen-bond donors (Lipinski definition) is 0. The molecule has 0 aromatic carbocycles. The van der Waals surface area contributed by atoms with Crippen molar-refractivity contribution in [2.75, 3.05) is 19.6 Å². The number of likely N-dealkylation sites (tertiary alicyclic amines) is 2. The highest BCUT2D eigenvalue weighted by Crippen LogP contribution is 2.23. The minimum atomic E-state index is 0.385. The van der Waals surface area contributed by atoms with Gasteiger partial charge >= 0.3 is 0 Å². The lowest BCUT2D eigenvalue weighted by Gasteiger charge is -2.37. The van der Waals surface area contributed by atoms with Gasteiger partial charge < -0.3 is 4.90 Å². The van der Waals surface area contributed by atoms with Crippen LogP contribution < -0.4 is 0 Å². The van der Waals surface area contributed by atoms with Crippen molar-refractivity contribution in [2.45, 2.75) is 42.7 Å². The second-order valence-corrected chi connectivity index (χ2v) is 6.33. The first-order valence-corrected chi connectivity index (χ1v) is 7.10. The van der Waals surface area contributed by atoms with Crippen molar-refractivity contribution >= 4 is 28.5 Å². The van der Waals surface area contributed by atoms with E-state index in [1.807, 2.05) is 0 Å². The molecule has 0 N–H and O–H groups in total. The van der Waals surface area contributed by atoms with Crippen molar-refractivity contribution in [1.82, 2.24) is 9.80 Å². The van der Waals surface area contributed by atoms with E-state index in [1.54, 1.807) is 0 Å². The van der Waals surface area contributed by atoms with Crippen LogP contribution in [0.15, 0.2) is 0 Å². The van der Waals surface area contributed by atoms with Crippen molar-refractivity contribution in [3.05, 3.63) is 0 Å². The maximum atomic E-state index is 11.6. The average Bonchev–Trinajstić information content (AvgIpc) is 2.65. The summed E-state index contributed by atoms with van der Waals surface area (Å²) in [4.78, 5) is 16.2. The fourth-order valence-corrected chi connectivity index (χ4v) is 3.17. The summed E-state index contributed by atoms with van der Waals surface area (Å²) in [6.07, 6.45) is 4.18. The Morgan fingerprint density at radius 1 is 1.33 bits per heavy atom. The van der Waals surface area contributed by atoms with Gasteiger partial charge in [-0.25, -0.2) is 0 Å². The molecule has 4 heteroatoms. The number of alkyl halides is 1. The molecular formula is C11H19IN2O. The zero-order chi connectivity index (χ0) is 10.8. The molecule has 1 unspecified atom stereocenters. The summed E-state index contributed by atoms with van der Waals surface area (Å²) in [5.74, 6) is 0.385. The minimum Gasteiger partial charge on any atom is -0.340 e. The van der Waals surface area contributed by atoms with E-state index in [2.05, 4.69) is 39.3 Å². The minimum absolute atomic E-state index is 0.385. The standard InChI is InChI=1S/C11H19IN2O/c1-9(12)13-7-4-10(5-8-13)14-6-2-3-11(14)15/h9-10H,2-8H2,1H3. The van der Waals surface area contributed by atoms with Gasteiger partial charge in [0.05, 0.1) is 4.05 Å². The molecule has 3 nitrogen and oxygen atoms in total. The van der Waals surface area contributed by atoms with E-state index in [0.717, 1.165) is 32.5 Å². The number of carbonyl (C=O) groups excluding carboxylic acids is 1. The van der Waals surface area contributed by atoms with Gasteiger partial charge in [0.1, 0.15) is 0 Å². The summed E-state index contributed by atoms with van der Waals surface area (Å²) >= 11 is 2.47. The molecule has 2 saturated heterocycles. The molecule has 1 amide bonds. The van der Waals surface area contributed by atoms with E-state index in [-0.39, 0.29) is 0 Å². The SMILES string of the molecule is CC(I)N1CCC(N2CCCC2=O)CC1. The Hall–Kier alpha value is 0.160. The van der Waals surface area contributed by atoms with Gasteiger partial charge in [-0.05, 0) is 26.2 Å². The zero-order valence-electron chi connectivity index (χ0n) is 9.29. The monoisotopic (exact) mass is 322 g/mol. The third-order valence-corrected chi connectivity index (χ3v) is 4.34. The molecule has 0 bridgehead atoms. The molecule has 2 aliphatic rings. The Balaban J connectivity index is 1.85. The van der Waals surface area contributed by atoms with Crippen LogP contribution in [0.2, 0.25) is 0 Å². The average molecular weight is 322 g/mol.